The lowest BCUT2D eigenvalue weighted by molar-refractivity contribution is -0.138. The van der Waals surface area contributed by atoms with Crippen molar-refractivity contribution >= 4 is 34.7 Å². The van der Waals surface area contributed by atoms with E-state index in [0.29, 0.717) is 27.6 Å². The molecule has 1 heterocycles. The van der Waals surface area contributed by atoms with Gasteiger partial charge in [-0.15, -0.1) is 0 Å². The lowest BCUT2D eigenvalue weighted by Gasteiger charge is -2.19. The van der Waals surface area contributed by atoms with Crippen molar-refractivity contribution in [3.8, 4) is 5.75 Å². The number of nitrogens with one attached hydrogen (secondary N) is 1. The number of hydrogen-bond donors (Lipinski definition) is 1. The summed E-state index contributed by atoms with van der Waals surface area (Å²) in [5.41, 5.74) is 2.57. The van der Waals surface area contributed by atoms with E-state index >= 15 is 0 Å². The van der Waals surface area contributed by atoms with Crippen LogP contribution in [0.2, 0.25) is 5.02 Å². The van der Waals surface area contributed by atoms with Gasteiger partial charge >= 0.3 is 0 Å². The van der Waals surface area contributed by atoms with E-state index in [-0.39, 0.29) is 23.6 Å². The molecule has 0 spiro atoms. The summed E-state index contributed by atoms with van der Waals surface area (Å²) in [6.07, 6.45) is 0. The first-order valence-corrected chi connectivity index (χ1v) is 9.02. The third-order valence-corrected chi connectivity index (χ3v) is 4.94. The minimum Gasteiger partial charge on any atom is -0.496 e. The summed E-state index contributed by atoms with van der Waals surface area (Å²) in [4.78, 5) is 27.4. The molecule has 2 amide bonds. The number of methoxy groups -OCH3 is 1. The highest BCUT2D eigenvalue weighted by atomic mass is 35.5. The molecule has 0 saturated heterocycles. The topological polar surface area (TPSA) is 58.6 Å². The molecule has 0 unspecified atom stereocenters. The molecule has 1 aliphatic heterocycles. The van der Waals surface area contributed by atoms with Crippen molar-refractivity contribution in [2.24, 2.45) is 0 Å². The van der Waals surface area contributed by atoms with E-state index in [1.54, 1.807) is 24.3 Å². The maximum absolute atomic E-state index is 13.1. The molecular weight excluding hydrogens is 364 g/mol. The number of ether oxygens (including phenoxy) is 1. The Hall–Kier alpha value is -2.79. The van der Waals surface area contributed by atoms with Crippen LogP contribution in [0.15, 0.2) is 48.2 Å². The van der Waals surface area contributed by atoms with Crippen LogP contribution in [0, 0.1) is 6.92 Å². The summed E-state index contributed by atoms with van der Waals surface area (Å²) in [7, 11) is 1.54. The van der Waals surface area contributed by atoms with Crippen molar-refractivity contribution < 1.29 is 14.3 Å². The zero-order chi connectivity index (χ0) is 19.7. The van der Waals surface area contributed by atoms with Crippen molar-refractivity contribution in [2.75, 3.05) is 12.4 Å². The number of imide groups is 1. The number of hydrogen-bond acceptors (Lipinski definition) is 4. The standard InChI is InChI=1S/C21H21ClN2O3/c1-12(2)24-20(25)18(14-8-5-6-11-17(14)27-4)19(21(24)26)23-16-10-7-9-15(22)13(16)3/h5-12,23H,1-4H3. The summed E-state index contributed by atoms with van der Waals surface area (Å²) in [5, 5.41) is 3.72. The number of halogens is 1. The van der Waals surface area contributed by atoms with Crippen molar-refractivity contribution in [2.45, 2.75) is 26.8 Å². The van der Waals surface area contributed by atoms with Gasteiger partial charge in [0.05, 0.1) is 12.7 Å². The Morgan fingerprint density at radius 1 is 1.04 bits per heavy atom. The summed E-state index contributed by atoms with van der Waals surface area (Å²) in [6.45, 7) is 5.47. The second-order valence-electron chi connectivity index (χ2n) is 6.56. The molecule has 2 aromatic rings. The molecular formula is C21H21ClN2O3. The molecule has 3 rings (SSSR count). The molecule has 0 aromatic heterocycles. The Balaban J connectivity index is 2.19. The van der Waals surface area contributed by atoms with Crippen LogP contribution in [0.4, 0.5) is 5.69 Å². The van der Waals surface area contributed by atoms with E-state index in [4.69, 9.17) is 16.3 Å². The maximum Gasteiger partial charge on any atom is 0.278 e. The third-order valence-electron chi connectivity index (χ3n) is 4.54. The molecule has 1 N–H and O–H groups in total. The highest BCUT2D eigenvalue weighted by Crippen LogP contribution is 2.36. The second-order valence-corrected chi connectivity index (χ2v) is 6.97. The quantitative estimate of drug-likeness (QED) is 0.782. The lowest BCUT2D eigenvalue weighted by atomic mass is 10.0. The van der Waals surface area contributed by atoms with Crippen LogP contribution in [0.3, 0.4) is 0 Å². The fraction of sp³-hybridized carbons (Fsp3) is 0.238. The number of anilines is 1. The highest BCUT2D eigenvalue weighted by molar-refractivity contribution is 6.37. The zero-order valence-corrected chi connectivity index (χ0v) is 16.4. The molecule has 5 nitrogen and oxygen atoms in total. The second kappa shape index (κ2) is 7.45. The molecule has 27 heavy (non-hydrogen) atoms. The number of carbonyl (C=O) groups excluding carboxylic acids is 2. The SMILES string of the molecule is COc1ccccc1C1=C(Nc2cccc(Cl)c2C)C(=O)N(C(C)C)C1=O. The summed E-state index contributed by atoms with van der Waals surface area (Å²) < 4.78 is 5.41. The molecule has 0 saturated carbocycles. The van der Waals surface area contributed by atoms with Crippen LogP contribution in [0.5, 0.6) is 5.75 Å². The van der Waals surface area contributed by atoms with Gasteiger partial charge in [0.25, 0.3) is 11.8 Å². The molecule has 2 aromatic carbocycles. The van der Waals surface area contributed by atoms with Gasteiger partial charge in [-0.2, -0.15) is 0 Å². The largest absolute Gasteiger partial charge is 0.496 e. The molecule has 0 atom stereocenters. The lowest BCUT2D eigenvalue weighted by Crippen LogP contribution is -2.38. The maximum atomic E-state index is 13.1. The molecule has 1 aliphatic rings. The first-order chi connectivity index (χ1) is 12.9. The van der Waals surface area contributed by atoms with E-state index in [1.165, 1.54) is 12.0 Å². The van der Waals surface area contributed by atoms with Crippen molar-refractivity contribution in [1.29, 1.82) is 0 Å². The fourth-order valence-corrected chi connectivity index (χ4v) is 3.29. The van der Waals surface area contributed by atoms with Crippen LogP contribution in [0.25, 0.3) is 5.57 Å². The fourth-order valence-electron chi connectivity index (χ4n) is 3.11. The molecule has 0 fully saturated rings. The van der Waals surface area contributed by atoms with Gasteiger partial charge in [-0.25, -0.2) is 0 Å². The van der Waals surface area contributed by atoms with Crippen LogP contribution in [0.1, 0.15) is 25.0 Å². The minimum atomic E-state index is -0.365. The van der Waals surface area contributed by atoms with Gasteiger partial charge in [0, 0.05) is 22.3 Å². The Kier molecular flexibility index (Phi) is 5.24. The monoisotopic (exact) mass is 384 g/mol. The highest BCUT2D eigenvalue weighted by Gasteiger charge is 2.41. The van der Waals surface area contributed by atoms with E-state index in [0.717, 1.165) is 5.56 Å². The van der Waals surface area contributed by atoms with Gasteiger partial charge in [0.2, 0.25) is 0 Å². The number of nitrogens with zero attached hydrogens (tertiary/aromatic N) is 1. The first kappa shape index (κ1) is 19.0. The van der Waals surface area contributed by atoms with E-state index in [9.17, 15) is 9.59 Å². The van der Waals surface area contributed by atoms with Gasteiger partial charge in [0.15, 0.2) is 0 Å². The predicted octanol–water partition coefficient (Wildman–Crippen LogP) is 4.26. The van der Waals surface area contributed by atoms with Crippen molar-refractivity contribution in [3.05, 3.63) is 64.3 Å². The average molecular weight is 385 g/mol. The smallest absolute Gasteiger partial charge is 0.278 e. The number of para-hydroxylation sites is 1. The Labute approximate surface area is 163 Å². The number of amides is 2. The van der Waals surface area contributed by atoms with Gasteiger partial charge in [-0.05, 0) is 44.5 Å². The van der Waals surface area contributed by atoms with Crippen LogP contribution >= 0.6 is 11.6 Å². The normalized spacial score (nSPS) is 14.4. The van der Waals surface area contributed by atoms with Crippen LogP contribution < -0.4 is 10.1 Å². The van der Waals surface area contributed by atoms with Crippen molar-refractivity contribution in [1.82, 2.24) is 4.90 Å². The number of benzene rings is 2. The Morgan fingerprint density at radius 2 is 1.74 bits per heavy atom. The van der Waals surface area contributed by atoms with Gasteiger partial charge in [0.1, 0.15) is 11.4 Å². The molecule has 6 heteroatoms. The van der Waals surface area contributed by atoms with Gasteiger partial charge in [-0.3, -0.25) is 14.5 Å². The van der Waals surface area contributed by atoms with E-state index in [2.05, 4.69) is 5.32 Å². The average Bonchev–Trinajstić information content (AvgIpc) is 2.88. The Morgan fingerprint density at radius 3 is 2.41 bits per heavy atom. The first-order valence-electron chi connectivity index (χ1n) is 8.64. The predicted molar refractivity (Wildman–Crippen MR) is 107 cm³/mol. The number of carbonyl (C=O) groups is 2. The number of rotatable bonds is 5. The Bertz CT molecular complexity index is 950. The minimum absolute atomic E-state index is 0.226. The van der Waals surface area contributed by atoms with E-state index < -0.39 is 0 Å². The summed E-state index contributed by atoms with van der Waals surface area (Å²) >= 11 is 6.21. The van der Waals surface area contributed by atoms with Gasteiger partial charge < -0.3 is 10.1 Å². The molecule has 0 aliphatic carbocycles. The van der Waals surface area contributed by atoms with E-state index in [1.807, 2.05) is 39.0 Å². The van der Waals surface area contributed by atoms with Crippen LogP contribution in [-0.2, 0) is 9.59 Å². The van der Waals surface area contributed by atoms with Crippen LogP contribution in [-0.4, -0.2) is 29.9 Å². The zero-order valence-electron chi connectivity index (χ0n) is 15.7. The summed E-state index contributed by atoms with van der Waals surface area (Å²) in [5.74, 6) is -0.182. The molecule has 140 valence electrons. The third kappa shape index (κ3) is 3.30. The molecule has 0 radical (unpaired) electrons. The molecule has 0 bridgehead atoms. The van der Waals surface area contributed by atoms with Gasteiger partial charge in [-0.1, -0.05) is 35.9 Å². The van der Waals surface area contributed by atoms with Crippen molar-refractivity contribution in [3.63, 3.8) is 0 Å². The summed E-state index contributed by atoms with van der Waals surface area (Å²) in [6, 6.07) is 12.3.